The molecule has 1 atom stereocenters. The van der Waals surface area contributed by atoms with Gasteiger partial charge in [-0.05, 0) is 65.2 Å². The van der Waals surface area contributed by atoms with Crippen LogP contribution in [0.5, 0.6) is 5.75 Å². The van der Waals surface area contributed by atoms with Crippen LogP contribution in [-0.4, -0.2) is 24.5 Å². The van der Waals surface area contributed by atoms with Crippen molar-refractivity contribution in [3.8, 4) is 5.75 Å². The summed E-state index contributed by atoms with van der Waals surface area (Å²) >= 11 is 3.36. The van der Waals surface area contributed by atoms with Gasteiger partial charge in [-0.3, -0.25) is 9.59 Å². The van der Waals surface area contributed by atoms with Crippen molar-refractivity contribution >= 4 is 33.4 Å². The predicted molar refractivity (Wildman–Crippen MR) is 106 cm³/mol. The number of carbonyl (C=O) groups excluding carboxylic acids is 2. The molecule has 0 saturated heterocycles. The summed E-state index contributed by atoms with van der Waals surface area (Å²) in [7, 11) is 0. The maximum atomic E-state index is 12.6. The summed E-state index contributed by atoms with van der Waals surface area (Å²) in [5.41, 5.74) is 1.14. The number of ether oxygens (including phenoxy) is 1. The first-order chi connectivity index (χ1) is 12.4. The molecule has 0 aliphatic carbocycles. The highest BCUT2D eigenvalue weighted by Crippen LogP contribution is 2.18. The van der Waals surface area contributed by atoms with Crippen LogP contribution >= 0.6 is 15.9 Å². The quantitative estimate of drug-likeness (QED) is 0.706. The van der Waals surface area contributed by atoms with Gasteiger partial charge in [0.2, 0.25) is 5.91 Å². The van der Waals surface area contributed by atoms with Gasteiger partial charge in [0.25, 0.3) is 5.91 Å². The highest BCUT2D eigenvalue weighted by atomic mass is 79.9. The summed E-state index contributed by atoms with van der Waals surface area (Å²) in [4.78, 5) is 25.2. The molecule has 2 rings (SSSR count). The molecule has 5 nitrogen and oxygen atoms in total. The van der Waals surface area contributed by atoms with Crippen molar-refractivity contribution in [3.63, 3.8) is 0 Å². The first kappa shape index (κ1) is 20.0. The van der Waals surface area contributed by atoms with E-state index in [2.05, 4.69) is 26.6 Å². The Morgan fingerprint density at radius 1 is 1.08 bits per heavy atom. The number of rotatable bonds is 7. The molecule has 2 aromatic carbocycles. The number of halogens is 1. The van der Waals surface area contributed by atoms with E-state index in [0.717, 1.165) is 5.75 Å². The normalized spacial score (nSPS) is 11.7. The Bertz CT molecular complexity index is 760. The van der Waals surface area contributed by atoms with Crippen LogP contribution in [0.15, 0.2) is 53.0 Å². The molecule has 0 heterocycles. The van der Waals surface area contributed by atoms with Gasteiger partial charge >= 0.3 is 0 Å². The van der Waals surface area contributed by atoms with Crippen molar-refractivity contribution in [3.05, 3.63) is 58.6 Å². The van der Waals surface area contributed by atoms with Crippen LogP contribution in [0, 0.1) is 5.92 Å². The van der Waals surface area contributed by atoms with E-state index >= 15 is 0 Å². The fraction of sp³-hybridized carbons (Fsp3) is 0.300. The standard InChI is InChI=1S/C20H23BrN2O3/c1-4-26-15-11-9-14(10-12-15)22-20(25)18(13(2)3)23-19(24)16-7-5-6-8-17(16)21/h5-13,18H,4H2,1-3H3,(H,22,25)(H,23,24)/t18-/m0/s1. The number of carbonyl (C=O) groups is 2. The number of benzene rings is 2. The molecule has 0 aliphatic rings. The lowest BCUT2D eigenvalue weighted by Gasteiger charge is -2.22. The van der Waals surface area contributed by atoms with Gasteiger partial charge in [-0.2, -0.15) is 0 Å². The Balaban J connectivity index is 2.07. The molecule has 2 aromatic rings. The largest absolute Gasteiger partial charge is 0.494 e. The Morgan fingerprint density at radius 3 is 2.31 bits per heavy atom. The Labute approximate surface area is 162 Å². The van der Waals surface area contributed by atoms with E-state index in [-0.39, 0.29) is 17.7 Å². The summed E-state index contributed by atoms with van der Waals surface area (Å²) in [6.45, 7) is 6.28. The van der Waals surface area contributed by atoms with Gasteiger partial charge in [-0.25, -0.2) is 0 Å². The minimum Gasteiger partial charge on any atom is -0.494 e. The molecule has 0 bridgehead atoms. The van der Waals surface area contributed by atoms with Crippen molar-refractivity contribution in [2.45, 2.75) is 26.8 Å². The van der Waals surface area contributed by atoms with Crippen LogP contribution in [0.2, 0.25) is 0 Å². The molecule has 0 fully saturated rings. The molecule has 0 radical (unpaired) electrons. The van der Waals surface area contributed by atoms with Crippen LogP contribution in [0.1, 0.15) is 31.1 Å². The second-order valence-electron chi connectivity index (χ2n) is 6.12. The van der Waals surface area contributed by atoms with E-state index in [9.17, 15) is 9.59 Å². The number of hydrogen-bond acceptors (Lipinski definition) is 3. The average molecular weight is 419 g/mol. The molecule has 0 unspecified atom stereocenters. The van der Waals surface area contributed by atoms with E-state index in [1.54, 1.807) is 42.5 Å². The molecular formula is C20H23BrN2O3. The van der Waals surface area contributed by atoms with Crippen LogP contribution in [0.3, 0.4) is 0 Å². The third-order valence-electron chi connectivity index (χ3n) is 3.79. The molecule has 26 heavy (non-hydrogen) atoms. The Morgan fingerprint density at radius 2 is 1.73 bits per heavy atom. The third-order valence-corrected chi connectivity index (χ3v) is 4.48. The van der Waals surface area contributed by atoms with Gasteiger partial charge < -0.3 is 15.4 Å². The Hall–Kier alpha value is -2.34. The van der Waals surface area contributed by atoms with E-state index < -0.39 is 6.04 Å². The summed E-state index contributed by atoms with van der Waals surface area (Å²) in [6, 6.07) is 13.6. The predicted octanol–water partition coefficient (Wildman–Crippen LogP) is 4.24. The van der Waals surface area contributed by atoms with Gasteiger partial charge in [0.05, 0.1) is 12.2 Å². The maximum Gasteiger partial charge on any atom is 0.253 e. The van der Waals surface area contributed by atoms with Crippen LogP contribution in [0.25, 0.3) is 0 Å². The zero-order valence-corrected chi connectivity index (χ0v) is 16.7. The van der Waals surface area contributed by atoms with E-state index in [4.69, 9.17) is 4.74 Å². The molecule has 0 aliphatic heterocycles. The summed E-state index contributed by atoms with van der Waals surface area (Å²) in [6.07, 6.45) is 0. The van der Waals surface area contributed by atoms with Crippen LogP contribution < -0.4 is 15.4 Å². The van der Waals surface area contributed by atoms with Crippen molar-refractivity contribution in [2.75, 3.05) is 11.9 Å². The Kier molecular flexibility index (Phi) is 7.21. The minimum atomic E-state index is -0.652. The van der Waals surface area contributed by atoms with Crippen LogP contribution in [-0.2, 0) is 4.79 Å². The highest BCUT2D eigenvalue weighted by Gasteiger charge is 2.25. The third kappa shape index (κ3) is 5.33. The van der Waals surface area contributed by atoms with Crippen LogP contribution in [0.4, 0.5) is 5.69 Å². The average Bonchev–Trinajstić information content (AvgIpc) is 2.61. The lowest BCUT2D eigenvalue weighted by molar-refractivity contribution is -0.118. The summed E-state index contributed by atoms with van der Waals surface area (Å²) < 4.78 is 6.08. The number of anilines is 1. The molecule has 0 saturated carbocycles. The zero-order valence-electron chi connectivity index (χ0n) is 15.1. The van der Waals surface area contributed by atoms with Gasteiger partial charge in [0, 0.05) is 10.2 Å². The fourth-order valence-corrected chi connectivity index (χ4v) is 2.89. The fourth-order valence-electron chi connectivity index (χ4n) is 2.42. The van der Waals surface area contributed by atoms with E-state index in [0.29, 0.717) is 22.3 Å². The molecule has 0 aromatic heterocycles. The minimum absolute atomic E-state index is 0.0656. The topological polar surface area (TPSA) is 67.4 Å². The highest BCUT2D eigenvalue weighted by molar-refractivity contribution is 9.10. The van der Waals surface area contributed by atoms with E-state index in [1.807, 2.05) is 26.8 Å². The van der Waals surface area contributed by atoms with Crippen molar-refractivity contribution in [2.24, 2.45) is 5.92 Å². The zero-order chi connectivity index (χ0) is 19.1. The van der Waals surface area contributed by atoms with Gasteiger partial charge in [0.15, 0.2) is 0 Å². The lowest BCUT2D eigenvalue weighted by atomic mass is 10.0. The smallest absolute Gasteiger partial charge is 0.253 e. The first-order valence-electron chi connectivity index (χ1n) is 8.51. The molecule has 2 N–H and O–H groups in total. The maximum absolute atomic E-state index is 12.6. The van der Waals surface area contributed by atoms with Gasteiger partial charge in [-0.15, -0.1) is 0 Å². The van der Waals surface area contributed by atoms with Gasteiger partial charge in [0.1, 0.15) is 11.8 Å². The number of hydrogen-bond donors (Lipinski definition) is 2. The van der Waals surface area contributed by atoms with Crippen molar-refractivity contribution in [1.29, 1.82) is 0 Å². The molecule has 2 amide bonds. The van der Waals surface area contributed by atoms with E-state index in [1.165, 1.54) is 0 Å². The molecule has 6 heteroatoms. The summed E-state index contributed by atoms with van der Waals surface area (Å²) in [5.74, 6) is 0.125. The van der Waals surface area contributed by atoms with Crippen molar-refractivity contribution < 1.29 is 14.3 Å². The molecule has 0 spiro atoms. The second-order valence-corrected chi connectivity index (χ2v) is 6.98. The van der Waals surface area contributed by atoms with Gasteiger partial charge in [-0.1, -0.05) is 26.0 Å². The SMILES string of the molecule is CCOc1ccc(NC(=O)[C@@H](NC(=O)c2ccccc2Br)C(C)C)cc1. The first-order valence-corrected chi connectivity index (χ1v) is 9.30. The summed E-state index contributed by atoms with van der Waals surface area (Å²) in [5, 5.41) is 5.66. The second kappa shape index (κ2) is 9.38. The number of amides is 2. The van der Waals surface area contributed by atoms with Crippen molar-refractivity contribution in [1.82, 2.24) is 5.32 Å². The number of nitrogens with one attached hydrogen (secondary N) is 2. The lowest BCUT2D eigenvalue weighted by Crippen LogP contribution is -2.47. The molecular weight excluding hydrogens is 396 g/mol. The molecule has 138 valence electrons. The monoisotopic (exact) mass is 418 g/mol.